The van der Waals surface area contributed by atoms with Gasteiger partial charge in [-0.2, -0.15) is 0 Å². The maximum Gasteiger partial charge on any atom is 0.264 e. The van der Waals surface area contributed by atoms with Gasteiger partial charge in [-0.3, -0.25) is 13.9 Å². The number of amides is 2. The van der Waals surface area contributed by atoms with Gasteiger partial charge in [0.15, 0.2) is 0 Å². The molecule has 7 nitrogen and oxygen atoms in total. The Kier molecular flexibility index (Phi) is 11.2. The number of nitrogens with zero attached hydrogens (tertiary/aromatic N) is 2. The molecule has 3 aromatic rings. The zero-order chi connectivity index (χ0) is 30.3. The van der Waals surface area contributed by atoms with E-state index in [1.807, 2.05) is 20.8 Å². The Morgan fingerprint density at radius 1 is 0.878 bits per heavy atom. The lowest BCUT2D eigenvalue weighted by molar-refractivity contribution is -0.140. The monoisotopic (exact) mass is 617 g/mol. The molecule has 0 fully saturated rings. The summed E-state index contributed by atoms with van der Waals surface area (Å²) >= 11 is 12.9. The van der Waals surface area contributed by atoms with E-state index in [9.17, 15) is 18.0 Å². The molecule has 1 N–H and O–H groups in total. The summed E-state index contributed by atoms with van der Waals surface area (Å²) in [6.45, 7) is 8.69. The summed E-state index contributed by atoms with van der Waals surface area (Å²) in [7, 11) is -4.15. The van der Waals surface area contributed by atoms with Crippen LogP contribution in [-0.2, 0) is 26.2 Å². The standard InChI is InChI=1S/C31H37Cl2N3O4S/c1-6-23(5)34-31(38)28(7-2)35(19-25-26(32)12-10-13-27(25)33)30(37)20-36(29-14-9-8-11-22(29)4)41(39,40)24-17-15-21(3)16-18-24/h8-18,23,28H,6-7,19-20H2,1-5H3,(H,34,38)/t23-,28-/m1/s1. The van der Waals surface area contributed by atoms with Crippen LogP contribution in [0.3, 0.4) is 0 Å². The van der Waals surface area contributed by atoms with Crippen LogP contribution in [0.2, 0.25) is 10.0 Å². The molecule has 3 rings (SSSR count). The summed E-state index contributed by atoms with van der Waals surface area (Å²) in [5.41, 5.74) is 2.43. The van der Waals surface area contributed by atoms with E-state index in [1.165, 1.54) is 17.0 Å². The first-order chi connectivity index (χ1) is 19.4. The van der Waals surface area contributed by atoms with Crippen molar-refractivity contribution in [3.8, 4) is 0 Å². The molecule has 10 heteroatoms. The van der Waals surface area contributed by atoms with Crippen molar-refractivity contribution in [2.45, 2.75) is 71.0 Å². The van der Waals surface area contributed by atoms with E-state index in [2.05, 4.69) is 5.32 Å². The lowest BCUT2D eigenvalue weighted by Crippen LogP contribution is -2.53. The van der Waals surface area contributed by atoms with Gasteiger partial charge in [0.05, 0.1) is 10.6 Å². The molecular weight excluding hydrogens is 581 g/mol. The summed E-state index contributed by atoms with van der Waals surface area (Å²) < 4.78 is 29.1. The smallest absolute Gasteiger partial charge is 0.264 e. The Balaban J connectivity index is 2.11. The summed E-state index contributed by atoms with van der Waals surface area (Å²) in [6, 6.07) is 17.5. The van der Waals surface area contributed by atoms with Crippen molar-refractivity contribution in [1.29, 1.82) is 0 Å². The van der Waals surface area contributed by atoms with Crippen LogP contribution in [0.4, 0.5) is 5.69 Å². The topological polar surface area (TPSA) is 86.8 Å². The first kappa shape index (κ1) is 32.4. The van der Waals surface area contributed by atoms with E-state index in [4.69, 9.17) is 23.2 Å². The van der Waals surface area contributed by atoms with E-state index < -0.39 is 28.5 Å². The number of carbonyl (C=O) groups excluding carboxylic acids is 2. The average molecular weight is 619 g/mol. The molecule has 0 radical (unpaired) electrons. The zero-order valence-corrected chi connectivity index (χ0v) is 26.4. The highest BCUT2D eigenvalue weighted by molar-refractivity contribution is 7.92. The number of rotatable bonds is 12. The van der Waals surface area contributed by atoms with Crippen molar-refractivity contribution in [2.24, 2.45) is 0 Å². The van der Waals surface area contributed by atoms with Crippen molar-refractivity contribution in [1.82, 2.24) is 10.2 Å². The van der Waals surface area contributed by atoms with E-state index >= 15 is 0 Å². The fourth-order valence-corrected chi connectivity index (χ4v) is 6.40. The Labute approximate surface area is 253 Å². The molecule has 0 aliphatic rings. The number of benzene rings is 3. The van der Waals surface area contributed by atoms with Gasteiger partial charge in [0.25, 0.3) is 10.0 Å². The predicted molar refractivity (Wildman–Crippen MR) is 166 cm³/mol. The molecule has 0 saturated heterocycles. The second-order valence-corrected chi connectivity index (χ2v) is 12.8. The fraction of sp³-hybridized carbons (Fsp3) is 0.355. The van der Waals surface area contributed by atoms with Crippen LogP contribution in [0.15, 0.2) is 71.6 Å². The van der Waals surface area contributed by atoms with Gasteiger partial charge >= 0.3 is 0 Å². The second-order valence-electron chi connectivity index (χ2n) is 10.1. The minimum absolute atomic E-state index is 0.0569. The third-order valence-corrected chi connectivity index (χ3v) is 9.53. The SMILES string of the molecule is CC[C@@H](C)NC(=O)[C@@H](CC)N(Cc1c(Cl)cccc1Cl)C(=O)CN(c1ccccc1C)S(=O)(=O)c1ccc(C)cc1. The van der Waals surface area contributed by atoms with Crippen LogP contribution < -0.4 is 9.62 Å². The average Bonchev–Trinajstić information content (AvgIpc) is 2.93. The van der Waals surface area contributed by atoms with Crippen LogP contribution in [0.5, 0.6) is 0 Å². The molecular formula is C31H37Cl2N3O4S. The van der Waals surface area contributed by atoms with Gasteiger partial charge in [0, 0.05) is 28.2 Å². The number of halogens is 2. The number of hydrogen-bond acceptors (Lipinski definition) is 4. The minimum atomic E-state index is -4.15. The number of nitrogens with one attached hydrogen (secondary N) is 1. The van der Waals surface area contributed by atoms with Crippen LogP contribution in [-0.4, -0.2) is 43.8 Å². The van der Waals surface area contributed by atoms with Gasteiger partial charge < -0.3 is 10.2 Å². The van der Waals surface area contributed by atoms with Gasteiger partial charge in [-0.15, -0.1) is 0 Å². The van der Waals surface area contributed by atoms with Crippen molar-refractivity contribution in [3.63, 3.8) is 0 Å². The van der Waals surface area contributed by atoms with E-state index in [0.29, 0.717) is 39.7 Å². The van der Waals surface area contributed by atoms with Crippen LogP contribution in [0, 0.1) is 13.8 Å². The second kappa shape index (κ2) is 14.2. The van der Waals surface area contributed by atoms with Crippen LogP contribution in [0.25, 0.3) is 0 Å². The highest BCUT2D eigenvalue weighted by atomic mass is 35.5. The lowest BCUT2D eigenvalue weighted by atomic mass is 10.1. The Morgan fingerprint density at radius 3 is 2.05 bits per heavy atom. The van der Waals surface area contributed by atoms with Gasteiger partial charge in [-0.05, 0) is 69.5 Å². The number of sulfonamides is 1. The van der Waals surface area contributed by atoms with E-state index in [-0.39, 0.29) is 23.4 Å². The highest BCUT2D eigenvalue weighted by Crippen LogP contribution is 2.30. The molecule has 3 aromatic carbocycles. The molecule has 2 amide bonds. The van der Waals surface area contributed by atoms with Crippen molar-refractivity contribution in [2.75, 3.05) is 10.8 Å². The quantitative estimate of drug-likeness (QED) is 0.250. The third-order valence-electron chi connectivity index (χ3n) is 7.05. The number of para-hydroxylation sites is 1. The third kappa shape index (κ3) is 7.82. The molecule has 0 aliphatic carbocycles. The van der Waals surface area contributed by atoms with Gasteiger partial charge in [0.2, 0.25) is 11.8 Å². The predicted octanol–water partition coefficient (Wildman–Crippen LogP) is 6.53. The van der Waals surface area contributed by atoms with Crippen LogP contribution >= 0.6 is 23.2 Å². The molecule has 0 saturated carbocycles. The highest BCUT2D eigenvalue weighted by Gasteiger charge is 2.35. The normalized spacial score (nSPS) is 12.9. The summed E-state index contributed by atoms with van der Waals surface area (Å²) in [5.74, 6) is -0.895. The fourth-order valence-electron chi connectivity index (χ4n) is 4.41. The molecule has 0 unspecified atom stereocenters. The van der Waals surface area contributed by atoms with E-state index in [0.717, 1.165) is 9.87 Å². The van der Waals surface area contributed by atoms with E-state index in [1.54, 1.807) is 68.4 Å². The molecule has 41 heavy (non-hydrogen) atoms. The largest absolute Gasteiger partial charge is 0.352 e. The first-order valence-electron chi connectivity index (χ1n) is 13.6. The molecule has 0 aromatic heterocycles. The van der Waals surface area contributed by atoms with Crippen molar-refractivity contribution >= 4 is 50.7 Å². The first-order valence-corrected chi connectivity index (χ1v) is 15.8. The Bertz CT molecular complexity index is 1460. The Morgan fingerprint density at radius 2 is 1.49 bits per heavy atom. The molecule has 0 aliphatic heterocycles. The molecule has 2 atom stereocenters. The Hall–Kier alpha value is -3.07. The van der Waals surface area contributed by atoms with Crippen molar-refractivity contribution < 1.29 is 18.0 Å². The van der Waals surface area contributed by atoms with Gasteiger partial charge in [-0.1, -0.05) is 79.0 Å². The maximum atomic E-state index is 14.2. The molecule has 220 valence electrons. The van der Waals surface area contributed by atoms with Gasteiger partial charge in [0.1, 0.15) is 12.6 Å². The van der Waals surface area contributed by atoms with Crippen LogP contribution in [0.1, 0.15) is 50.3 Å². The molecule has 0 spiro atoms. The molecule has 0 heterocycles. The number of hydrogen-bond donors (Lipinski definition) is 1. The molecule has 0 bridgehead atoms. The number of anilines is 1. The summed E-state index contributed by atoms with van der Waals surface area (Å²) in [6.07, 6.45) is 1.01. The van der Waals surface area contributed by atoms with Crippen molar-refractivity contribution in [3.05, 3.63) is 93.5 Å². The minimum Gasteiger partial charge on any atom is -0.352 e. The number of aryl methyl sites for hydroxylation is 2. The zero-order valence-electron chi connectivity index (χ0n) is 24.0. The summed E-state index contributed by atoms with van der Waals surface area (Å²) in [5, 5.41) is 3.64. The maximum absolute atomic E-state index is 14.2. The summed E-state index contributed by atoms with van der Waals surface area (Å²) in [4.78, 5) is 29.1. The number of carbonyl (C=O) groups is 2. The van der Waals surface area contributed by atoms with Gasteiger partial charge in [-0.25, -0.2) is 8.42 Å². The lowest BCUT2D eigenvalue weighted by Gasteiger charge is -2.34.